The summed E-state index contributed by atoms with van der Waals surface area (Å²) in [4.78, 5) is 30.1. The maximum Gasteiger partial charge on any atom is 0.241 e. The number of carbonyl (C=O) groups excluding carboxylic acids is 2. The summed E-state index contributed by atoms with van der Waals surface area (Å²) in [6.45, 7) is 1.92. The van der Waals surface area contributed by atoms with Crippen LogP contribution in [0.3, 0.4) is 0 Å². The highest BCUT2D eigenvalue weighted by Crippen LogP contribution is 2.12. The smallest absolute Gasteiger partial charge is 0.241 e. The van der Waals surface area contributed by atoms with Gasteiger partial charge in [0.25, 0.3) is 0 Å². The van der Waals surface area contributed by atoms with E-state index in [0.717, 1.165) is 13.0 Å². The van der Waals surface area contributed by atoms with Gasteiger partial charge in [-0.3, -0.25) is 14.5 Å². The number of piperazine rings is 1. The van der Waals surface area contributed by atoms with Gasteiger partial charge in [-0.2, -0.15) is 0 Å². The molecule has 1 aromatic carbocycles. The molecule has 2 rings (SSSR count). The van der Waals surface area contributed by atoms with Crippen molar-refractivity contribution in [1.29, 1.82) is 0 Å². The number of benzene rings is 1. The van der Waals surface area contributed by atoms with Gasteiger partial charge in [-0.15, -0.1) is 0 Å². The summed E-state index contributed by atoms with van der Waals surface area (Å²) in [5.41, 5.74) is 1.17. The first kappa shape index (κ1) is 16.5. The zero-order valence-corrected chi connectivity index (χ0v) is 13.7. The molecule has 5 heteroatoms. The number of rotatable bonds is 4. The third-order valence-corrected chi connectivity index (χ3v) is 4.20. The van der Waals surface area contributed by atoms with Crippen LogP contribution in [0.25, 0.3) is 0 Å². The van der Waals surface area contributed by atoms with Crippen molar-refractivity contribution in [1.82, 2.24) is 14.7 Å². The first-order valence-electron chi connectivity index (χ1n) is 7.72. The fourth-order valence-corrected chi connectivity index (χ4v) is 2.72. The fourth-order valence-electron chi connectivity index (χ4n) is 2.72. The Labute approximate surface area is 132 Å². The van der Waals surface area contributed by atoms with Crippen LogP contribution in [0.5, 0.6) is 0 Å². The highest BCUT2D eigenvalue weighted by Gasteiger charge is 2.32. The van der Waals surface area contributed by atoms with Crippen LogP contribution in [0.2, 0.25) is 0 Å². The molecular weight excluding hydrogens is 278 g/mol. The molecule has 5 nitrogen and oxygen atoms in total. The van der Waals surface area contributed by atoms with Crippen LogP contribution in [0.15, 0.2) is 30.3 Å². The van der Waals surface area contributed by atoms with Crippen molar-refractivity contribution in [2.45, 2.75) is 18.9 Å². The number of nitrogens with zero attached hydrogens (tertiary/aromatic N) is 3. The van der Waals surface area contributed by atoms with Gasteiger partial charge in [-0.1, -0.05) is 30.3 Å². The number of hydrogen-bond donors (Lipinski definition) is 0. The molecule has 0 radical (unpaired) electrons. The Hall–Kier alpha value is -1.88. The second-order valence-electron chi connectivity index (χ2n) is 6.05. The molecule has 22 heavy (non-hydrogen) atoms. The summed E-state index contributed by atoms with van der Waals surface area (Å²) < 4.78 is 0. The maximum atomic E-state index is 12.4. The summed E-state index contributed by atoms with van der Waals surface area (Å²) >= 11 is 0. The van der Waals surface area contributed by atoms with E-state index in [1.165, 1.54) is 5.56 Å². The number of hydrogen-bond acceptors (Lipinski definition) is 3. The highest BCUT2D eigenvalue weighted by atomic mass is 16.2. The van der Waals surface area contributed by atoms with E-state index in [1.807, 2.05) is 47.2 Å². The summed E-state index contributed by atoms with van der Waals surface area (Å²) in [6, 6.07) is 9.79. The van der Waals surface area contributed by atoms with Crippen LogP contribution < -0.4 is 0 Å². The largest absolute Gasteiger partial charge is 0.347 e. The lowest BCUT2D eigenvalue weighted by molar-refractivity contribution is -0.141. The van der Waals surface area contributed by atoms with Crippen molar-refractivity contribution in [3.63, 3.8) is 0 Å². The molecule has 0 aliphatic carbocycles. The second kappa shape index (κ2) is 7.40. The Morgan fingerprint density at radius 2 is 1.86 bits per heavy atom. The van der Waals surface area contributed by atoms with Crippen LogP contribution in [0.4, 0.5) is 0 Å². The Bertz CT molecular complexity index is 516. The summed E-state index contributed by atoms with van der Waals surface area (Å²) in [7, 11) is 5.45. The molecular formula is C17H25N3O2. The Morgan fingerprint density at radius 3 is 2.50 bits per heavy atom. The zero-order valence-electron chi connectivity index (χ0n) is 13.7. The lowest BCUT2D eigenvalue weighted by atomic mass is 10.1. The van der Waals surface area contributed by atoms with Crippen molar-refractivity contribution in [3.8, 4) is 0 Å². The standard InChI is InChI=1S/C17H25N3O2/c1-18(2)17(22)15-13-20(12-11-19(15)3)16(21)10-9-14-7-5-4-6-8-14/h4-8,15H,9-13H2,1-3H3/t15-/m0/s1. The predicted molar refractivity (Wildman–Crippen MR) is 86.5 cm³/mol. The van der Waals surface area contributed by atoms with Crippen molar-refractivity contribution < 1.29 is 9.59 Å². The van der Waals surface area contributed by atoms with E-state index < -0.39 is 0 Å². The summed E-state index contributed by atoms with van der Waals surface area (Å²) in [5.74, 6) is 0.191. The summed E-state index contributed by atoms with van der Waals surface area (Å²) in [5, 5.41) is 0. The van der Waals surface area contributed by atoms with E-state index in [4.69, 9.17) is 0 Å². The van der Waals surface area contributed by atoms with E-state index >= 15 is 0 Å². The molecule has 2 amide bonds. The van der Waals surface area contributed by atoms with Gasteiger partial charge in [0.2, 0.25) is 11.8 Å². The minimum absolute atomic E-state index is 0.0584. The number of carbonyl (C=O) groups is 2. The van der Waals surface area contributed by atoms with E-state index in [9.17, 15) is 9.59 Å². The third kappa shape index (κ3) is 4.07. The summed E-state index contributed by atoms with van der Waals surface area (Å²) in [6.07, 6.45) is 1.24. The minimum atomic E-state index is -0.232. The average molecular weight is 303 g/mol. The Kier molecular flexibility index (Phi) is 5.55. The maximum absolute atomic E-state index is 12.4. The molecule has 1 heterocycles. The molecule has 120 valence electrons. The molecule has 0 saturated carbocycles. The minimum Gasteiger partial charge on any atom is -0.347 e. The molecule has 1 aliphatic rings. The topological polar surface area (TPSA) is 43.9 Å². The zero-order chi connectivity index (χ0) is 16.1. The molecule has 0 unspecified atom stereocenters. The average Bonchev–Trinajstić information content (AvgIpc) is 2.53. The van der Waals surface area contributed by atoms with Crippen LogP contribution in [0.1, 0.15) is 12.0 Å². The highest BCUT2D eigenvalue weighted by molar-refractivity contribution is 5.83. The number of amides is 2. The third-order valence-electron chi connectivity index (χ3n) is 4.20. The first-order chi connectivity index (χ1) is 10.5. The monoisotopic (exact) mass is 303 g/mol. The van der Waals surface area contributed by atoms with E-state index in [0.29, 0.717) is 19.5 Å². The second-order valence-corrected chi connectivity index (χ2v) is 6.05. The van der Waals surface area contributed by atoms with Gasteiger partial charge >= 0.3 is 0 Å². The quantitative estimate of drug-likeness (QED) is 0.828. The molecule has 1 saturated heterocycles. The molecule has 1 aromatic rings. The lowest BCUT2D eigenvalue weighted by Gasteiger charge is -2.39. The number of aryl methyl sites for hydroxylation is 1. The predicted octanol–water partition coefficient (Wildman–Crippen LogP) is 0.850. The molecule has 0 spiro atoms. The van der Waals surface area contributed by atoms with Gasteiger partial charge in [0.05, 0.1) is 0 Å². The van der Waals surface area contributed by atoms with E-state index in [2.05, 4.69) is 0 Å². The van der Waals surface area contributed by atoms with Crippen LogP contribution in [0, 0.1) is 0 Å². The van der Waals surface area contributed by atoms with Gasteiger partial charge in [0, 0.05) is 40.2 Å². The van der Waals surface area contributed by atoms with Crippen molar-refractivity contribution in [3.05, 3.63) is 35.9 Å². The number of likely N-dealkylation sites (N-methyl/N-ethyl adjacent to an activating group) is 2. The van der Waals surface area contributed by atoms with Crippen LogP contribution >= 0.6 is 0 Å². The van der Waals surface area contributed by atoms with Gasteiger partial charge < -0.3 is 9.80 Å². The Balaban J connectivity index is 1.91. The van der Waals surface area contributed by atoms with Crippen molar-refractivity contribution >= 4 is 11.8 Å². The first-order valence-corrected chi connectivity index (χ1v) is 7.72. The van der Waals surface area contributed by atoms with Crippen LogP contribution in [-0.4, -0.2) is 73.3 Å². The van der Waals surface area contributed by atoms with Gasteiger partial charge in [0.1, 0.15) is 6.04 Å². The molecule has 0 N–H and O–H groups in total. The van der Waals surface area contributed by atoms with Crippen molar-refractivity contribution in [2.75, 3.05) is 40.8 Å². The van der Waals surface area contributed by atoms with Gasteiger partial charge in [0.15, 0.2) is 0 Å². The molecule has 0 bridgehead atoms. The van der Waals surface area contributed by atoms with Crippen LogP contribution in [-0.2, 0) is 16.0 Å². The molecule has 1 aliphatic heterocycles. The molecule has 0 aromatic heterocycles. The molecule has 1 atom stereocenters. The normalized spacial score (nSPS) is 19.0. The SMILES string of the molecule is CN(C)C(=O)[C@@H]1CN(C(=O)CCc2ccccc2)CCN1C. The lowest BCUT2D eigenvalue weighted by Crippen LogP contribution is -2.58. The van der Waals surface area contributed by atoms with E-state index in [1.54, 1.807) is 19.0 Å². The molecule has 1 fully saturated rings. The van der Waals surface area contributed by atoms with Gasteiger partial charge in [-0.25, -0.2) is 0 Å². The Morgan fingerprint density at radius 1 is 1.18 bits per heavy atom. The van der Waals surface area contributed by atoms with Gasteiger partial charge in [-0.05, 0) is 19.0 Å². The van der Waals surface area contributed by atoms with Crippen molar-refractivity contribution in [2.24, 2.45) is 0 Å². The fraction of sp³-hybridized carbons (Fsp3) is 0.529. The van der Waals surface area contributed by atoms with E-state index in [-0.39, 0.29) is 17.9 Å².